The molecule has 4 rings (SSSR count). The van der Waals surface area contributed by atoms with Crippen LogP contribution in [0.4, 0.5) is 5.69 Å². The molecule has 0 saturated carbocycles. The number of rotatable bonds is 6. The monoisotopic (exact) mass is 438 g/mol. The summed E-state index contributed by atoms with van der Waals surface area (Å²) in [4.78, 5) is 32.0. The van der Waals surface area contributed by atoms with E-state index in [-0.39, 0.29) is 12.5 Å². The number of nitrogens with zero attached hydrogens (tertiary/aromatic N) is 4. The fourth-order valence-electron chi connectivity index (χ4n) is 2.87. The molecule has 30 heavy (non-hydrogen) atoms. The van der Waals surface area contributed by atoms with Crippen LogP contribution in [-0.4, -0.2) is 33.7 Å². The second-order valence-corrected chi connectivity index (χ2v) is 8.29. The van der Waals surface area contributed by atoms with E-state index in [1.54, 1.807) is 48.3 Å². The Balaban J connectivity index is 1.47. The predicted molar refractivity (Wildman–Crippen MR) is 117 cm³/mol. The number of thiophene rings is 1. The van der Waals surface area contributed by atoms with Gasteiger partial charge in [0.25, 0.3) is 5.91 Å². The molecule has 0 spiro atoms. The van der Waals surface area contributed by atoms with Crippen molar-refractivity contribution >= 4 is 40.2 Å². The molecule has 3 aromatic heterocycles. The fraction of sp³-hybridized carbons (Fsp3) is 0.143. The third-order valence-electron chi connectivity index (χ3n) is 4.38. The second kappa shape index (κ2) is 8.60. The van der Waals surface area contributed by atoms with Gasteiger partial charge in [-0.1, -0.05) is 18.2 Å². The lowest BCUT2D eigenvalue weighted by atomic mass is 10.1. The summed E-state index contributed by atoms with van der Waals surface area (Å²) in [5.41, 5.74) is 2.40. The van der Waals surface area contributed by atoms with E-state index in [1.807, 2.05) is 30.1 Å². The number of amides is 1. The molecule has 0 aliphatic rings. The maximum atomic E-state index is 12.7. The number of carbonyl (C=O) groups is 2. The first-order chi connectivity index (χ1) is 14.5. The van der Waals surface area contributed by atoms with Crippen LogP contribution in [0.15, 0.2) is 59.6 Å². The van der Waals surface area contributed by atoms with Gasteiger partial charge in [0.2, 0.25) is 0 Å². The normalized spacial score (nSPS) is 10.7. The Morgan fingerprint density at radius 3 is 2.73 bits per heavy atom. The summed E-state index contributed by atoms with van der Waals surface area (Å²) in [7, 11) is 3.49. The van der Waals surface area contributed by atoms with Gasteiger partial charge in [-0.2, -0.15) is 5.10 Å². The molecule has 1 aromatic carbocycles. The highest BCUT2D eigenvalue weighted by Crippen LogP contribution is 2.25. The molecule has 0 bridgehead atoms. The van der Waals surface area contributed by atoms with Crippen LogP contribution in [0.5, 0.6) is 0 Å². The molecular formula is C21H18N4O3S2. The van der Waals surface area contributed by atoms with E-state index in [0.717, 1.165) is 10.6 Å². The first-order valence-corrected chi connectivity index (χ1v) is 10.8. The molecule has 9 heteroatoms. The van der Waals surface area contributed by atoms with Gasteiger partial charge in [-0.05, 0) is 23.6 Å². The van der Waals surface area contributed by atoms with Gasteiger partial charge in [-0.15, -0.1) is 22.7 Å². The third-order valence-corrected chi connectivity index (χ3v) is 6.17. The van der Waals surface area contributed by atoms with Crippen LogP contribution in [0, 0.1) is 0 Å². The van der Waals surface area contributed by atoms with Crippen LogP contribution in [0.3, 0.4) is 0 Å². The molecule has 1 amide bonds. The van der Waals surface area contributed by atoms with E-state index >= 15 is 0 Å². The lowest BCUT2D eigenvalue weighted by Gasteiger charge is -2.19. The van der Waals surface area contributed by atoms with Crippen molar-refractivity contribution in [2.75, 3.05) is 11.9 Å². The number of benzene rings is 1. The molecule has 0 aliphatic heterocycles. The van der Waals surface area contributed by atoms with Gasteiger partial charge in [-0.3, -0.25) is 9.48 Å². The number of hydrogen-bond acceptors (Lipinski definition) is 7. The summed E-state index contributed by atoms with van der Waals surface area (Å²) in [6, 6.07) is 10.5. The van der Waals surface area contributed by atoms with E-state index in [9.17, 15) is 9.59 Å². The smallest absolute Gasteiger partial charge is 0.340 e. The van der Waals surface area contributed by atoms with Crippen molar-refractivity contribution in [3.8, 4) is 10.6 Å². The molecule has 0 N–H and O–H groups in total. The predicted octanol–water partition coefficient (Wildman–Crippen LogP) is 4.24. The molecular weight excluding hydrogens is 420 g/mol. The van der Waals surface area contributed by atoms with Crippen molar-refractivity contribution in [3.63, 3.8) is 0 Å². The van der Waals surface area contributed by atoms with Gasteiger partial charge in [0, 0.05) is 31.2 Å². The SMILES string of the molecule is CN(C(=O)c1cccs1)c1ccccc1C(=O)OCc1csc(-c2cnn(C)c2)n1. The molecule has 0 unspecified atom stereocenters. The average Bonchev–Trinajstić information content (AvgIpc) is 3.52. The number of thiazole rings is 1. The average molecular weight is 439 g/mol. The fourth-order valence-corrected chi connectivity index (χ4v) is 4.35. The molecule has 3 heterocycles. The van der Waals surface area contributed by atoms with Crippen molar-refractivity contribution in [2.45, 2.75) is 6.61 Å². The zero-order chi connectivity index (χ0) is 21.1. The number of hydrogen-bond donors (Lipinski definition) is 0. The summed E-state index contributed by atoms with van der Waals surface area (Å²) in [6.45, 7) is 0.0481. The van der Waals surface area contributed by atoms with Crippen molar-refractivity contribution in [1.29, 1.82) is 0 Å². The zero-order valence-corrected chi connectivity index (χ0v) is 17.9. The standard InChI is InChI=1S/C21H18N4O3S2/c1-24-11-14(10-22-24)19-23-15(13-30-19)12-28-21(27)16-6-3-4-7-17(16)25(2)20(26)18-8-5-9-29-18/h3-11,13H,12H2,1-2H3. The van der Waals surface area contributed by atoms with Crippen LogP contribution in [0.1, 0.15) is 25.7 Å². The highest BCUT2D eigenvalue weighted by molar-refractivity contribution is 7.13. The minimum Gasteiger partial charge on any atom is -0.455 e. The van der Waals surface area contributed by atoms with Gasteiger partial charge in [0.15, 0.2) is 0 Å². The Hall–Kier alpha value is -3.30. The summed E-state index contributed by atoms with van der Waals surface area (Å²) < 4.78 is 7.19. The number of carbonyl (C=O) groups excluding carboxylic acids is 2. The van der Waals surface area contributed by atoms with E-state index in [4.69, 9.17) is 4.74 Å². The third kappa shape index (κ3) is 4.17. The second-order valence-electron chi connectivity index (χ2n) is 6.48. The molecule has 0 fully saturated rings. The Bertz CT molecular complexity index is 1180. The minimum atomic E-state index is -0.507. The largest absolute Gasteiger partial charge is 0.455 e. The van der Waals surface area contributed by atoms with Crippen molar-refractivity contribution < 1.29 is 14.3 Å². The van der Waals surface area contributed by atoms with Crippen LogP contribution in [-0.2, 0) is 18.4 Å². The Morgan fingerprint density at radius 1 is 1.17 bits per heavy atom. The number of aryl methyl sites for hydroxylation is 1. The first-order valence-electron chi connectivity index (χ1n) is 9.04. The Morgan fingerprint density at radius 2 is 2.00 bits per heavy atom. The van der Waals surface area contributed by atoms with E-state index < -0.39 is 5.97 Å². The number of anilines is 1. The molecule has 0 radical (unpaired) electrons. The zero-order valence-electron chi connectivity index (χ0n) is 16.3. The maximum Gasteiger partial charge on any atom is 0.340 e. The van der Waals surface area contributed by atoms with E-state index in [1.165, 1.54) is 27.6 Å². The van der Waals surface area contributed by atoms with Crippen LogP contribution < -0.4 is 4.90 Å². The summed E-state index contributed by atoms with van der Waals surface area (Å²) in [5, 5.41) is 8.65. The molecule has 152 valence electrons. The first kappa shape index (κ1) is 20.0. The quantitative estimate of drug-likeness (QED) is 0.421. The molecule has 7 nitrogen and oxygen atoms in total. The summed E-state index contributed by atoms with van der Waals surface area (Å²) in [6.07, 6.45) is 3.62. The van der Waals surface area contributed by atoms with Crippen LogP contribution in [0.25, 0.3) is 10.6 Å². The summed E-state index contributed by atoms with van der Waals surface area (Å²) in [5.74, 6) is -0.682. The number of aromatic nitrogens is 3. The maximum absolute atomic E-state index is 12.7. The van der Waals surface area contributed by atoms with Crippen molar-refractivity contribution in [3.05, 3.63) is 75.7 Å². The molecule has 0 aliphatic carbocycles. The number of ether oxygens (including phenoxy) is 1. The van der Waals surface area contributed by atoms with Gasteiger partial charge < -0.3 is 9.64 Å². The molecule has 0 saturated heterocycles. The van der Waals surface area contributed by atoms with Crippen LogP contribution in [0.2, 0.25) is 0 Å². The van der Waals surface area contributed by atoms with Gasteiger partial charge >= 0.3 is 5.97 Å². The van der Waals surface area contributed by atoms with Gasteiger partial charge in [0.1, 0.15) is 11.6 Å². The molecule has 4 aromatic rings. The highest BCUT2D eigenvalue weighted by atomic mass is 32.1. The lowest BCUT2D eigenvalue weighted by Crippen LogP contribution is -2.27. The topological polar surface area (TPSA) is 77.3 Å². The van der Waals surface area contributed by atoms with Gasteiger partial charge in [-0.25, -0.2) is 9.78 Å². The Labute approximate surface area is 181 Å². The van der Waals surface area contributed by atoms with E-state index in [0.29, 0.717) is 21.8 Å². The van der Waals surface area contributed by atoms with Gasteiger partial charge in [0.05, 0.1) is 28.0 Å². The van der Waals surface area contributed by atoms with Crippen molar-refractivity contribution in [2.24, 2.45) is 7.05 Å². The number of esters is 1. The minimum absolute atomic E-state index is 0.0481. The highest BCUT2D eigenvalue weighted by Gasteiger charge is 2.21. The summed E-state index contributed by atoms with van der Waals surface area (Å²) >= 11 is 2.82. The lowest BCUT2D eigenvalue weighted by molar-refractivity contribution is 0.0469. The van der Waals surface area contributed by atoms with E-state index in [2.05, 4.69) is 10.1 Å². The van der Waals surface area contributed by atoms with Crippen molar-refractivity contribution in [1.82, 2.24) is 14.8 Å². The van der Waals surface area contributed by atoms with Crippen LogP contribution >= 0.6 is 22.7 Å². The molecule has 0 atom stereocenters. The number of para-hydroxylation sites is 1. The Kier molecular flexibility index (Phi) is 5.73.